The van der Waals surface area contributed by atoms with Crippen molar-refractivity contribution in [3.63, 3.8) is 0 Å². The second-order valence-electron chi connectivity index (χ2n) is 3.65. The molecule has 0 saturated carbocycles. The maximum atomic E-state index is 12.7. The molecule has 1 aliphatic rings. The Morgan fingerprint density at radius 1 is 1.44 bits per heavy atom. The molecule has 0 aromatic heterocycles. The summed E-state index contributed by atoms with van der Waals surface area (Å²) in [4.78, 5) is 26.6. The number of nitrogens with one attached hydrogen (secondary N) is 1. The summed E-state index contributed by atoms with van der Waals surface area (Å²) in [6, 6.07) is 5.37. The van der Waals surface area contributed by atoms with Gasteiger partial charge in [0, 0.05) is 5.69 Å². The van der Waals surface area contributed by atoms with Crippen LogP contribution in [0.15, 0.2) is 29.3 Å². The molecule has 0 saturated heterocycles. The van der Waals surface area contributed by atoms with Gasteiger partial charge in [-0.25, -0.2) is 4.39 Å². The van der Waals surface area contributed by atoms with Gasteiger partial charge in [0.25, 0.3) is 0 Å². The number of aliphatic imine (C=N–C) groups is 1. The number of benzene rings is 1. The molecule has 1 aliphatic heterocycles. The first-order valence-electron chi connectivity index (χ1n) is 5.14. The van der Waals surface area contributed by atoms with E-state index >= 15 is 0 Å². The molecular weight excluding hydrogens is 257 g/mol. The van der Waals surface area contributed by atoms with E-state index in [9.17, 15) is 14.0 Å². The molecule has 0 fully saturated rings. The summed E-state index contributed by atoms with van der Waals surface area (Å²) in [5.41, 5.74) is 5.90. The molecule has 0 unspecified atom stereocenters. The number of anilines is 1. The Morgan fingerprint density at radius 3 is 2.72 bits per heavy atom. The molecule has 5 nitrogen and oxygen atoms in total. The van der Waals surface area contributed by atoms with Gasteiger partial charge < -0.3 is 11.1 Å². The van der Waals surface area contributed by atoms with Crippen molar-refractivity contribution in [3.8, 4) is 0 Å². The van der Waals surface area contributed by atoms with Crippen molar-refractivity contribution in [2.45, 2.75) is 11.7 Å². The van der Waals surface area contributed by atoms with Gasteiger partial charge in [0.1, 0.15) is 11.1 Å². The highest BCUT2D eigenvalue weighted by atomic mass is 32.2. The summed E-state index contributed by atoms with van der Waals surface area (Å²) < 4.78 is 12.7. The fourth-order valence-corrected chi connectivity index (χ4v) is 2.28. The molecule has 1 aromatic carbocycles. The van der Waals surface area contributed by atoms with Gasteiger partial charge in [-0.2, -0.15) is 4.99 Å². The van der Waals surface area contributed by atoms with E-state index in [1.54, 1.807) is 0 Å². The number of carbonyl (C=O) groups excluding carboxylic acids is 2. The van der Waals surface area contributed by atoms with Crippen LogP contribution in [-0.2, 0) is 9.59 Å². The zero-order valence-corrected chi connectivity index (χ0v) is 10.0. The number of carbonyl (C=O) groups is 2. The van der Waals surface area contributed by atoms with Crippen molar-refractivity contribution in [2.24, 2.45) is 10.7 Å². The lowest BCUT2D eigenvalue weighted by Gasteiger charge is -2.17. The first-order chi connectivity index (χ1) is 8.54. The van der Waals surface area contributed by atoms with E-state index < -0.39 is 11.2 Å². The first kappa shape index (κ1) is 12.6. The lowest BCUT2D eigenvalue weighted by atomic mass is 10.2. The predicted molar refractivity (Wildman–Crippen MR) is 67.7 cm³/mol. The van der Waals surface area contributed by atoms with E-state index in [4.69, 9.17) is 5.73 Å². The van der Waals surface area contributed by atoms with Crippen molar-refractivity contribution in [3.05, 3.63) is 30.1 Å². The smallest absolute Gasteiger partial charge is 0.249 e. The summed E-state index contributed by atoms with van der Waals surface area (Å²) in [7, 11) is 0. The number of amides is 2. The first-order valence-corrected chi connectivity index (χ1v) is 6.02. The highest BCUT2D eigenvalue weighted by Crippen LogP contribution is 2.22. The fraction of sp³-hybridized carbons (Fsp3) is 0.182. The van der Waals surface area contributed by atoms with Crippen LogP contribution in [0.1, 0.15) is 6.42 Å². The van der Waals surface area contributed by atoms with Gasteiger partial charge >= 0.3 is 0 Å². The summed E-state index contributed by atoms with van der Waals surface area (Å²) in [5.74, 6) is -1.14. The highest BCUT2D eigenvalue weighted by molar-refractivity contribution is 8.15. The van der Waals surface area contributed by atoms with Crippen molar-refractivity contribution >= 4 is 34.4 Å². The molecular formula is C11H10FN3O2S. The van der Waals surface area contributed by atoms with Gasteiger partial charge in [-0.15, -0.1) is 0 Å². The fourth-order valence-electron chi connectivity index (χ4n) is 1.44. The van der Waals surface area contributed by atoms with Crippen LogP contribution in [0, 0.1) is 5.82 Å². The third-order valence-corrected chi connectivity index (χ3v) is 3.26. The van der Waals surface area contributed by atoms with E-state index in [0.717, 1.165) is 11.8 Å². The molecule has 0 radical (unpaired) electrons. The average molecular weight is 267 g/mol. The van der Waals surface area contributed by atoms with E-state index in [2.05, 4.69) is 10.3 Å². The molecule has 0 aliphatic carbocycles. The van der Waals surface area contributed by atoms with Crippen molar-refractivity contribution < 1.29 is 14.0 Å². The molecule has 1 aromatic rings. The molecule has 18 heavy (non-hydrogen) atoms. The summed E-state index contributed by atoms with van der Waals surface area (Å²) >= 11 is 1.04. The van der Waals surface area contributed by atoms with Crippen LogP contribution in [-0.4, -0.2) is 22.2 Å². The molecule has 2 amide bonds. The third-order valence-electron chi connectivity index (χ3n) is 2.26. The van der Waals surface area contributed by atoms with Crippen molar-refractivity contribution in [2.75, 3.05) is 5.32 Å². The molecule has 1 atom stereocenters. The van der Waals surface area contributed by atoms with Gasteiger partial charge in [0.05, 0.1) is 6.42 Å². The second kappa shape index (κ2) is 5.18. The molecule has 0 spiro atoms. The minimum absolute atomic E-state index is 0.0123. The molecule has 1 heterocycles. The van der Waals surface area contributed by atoms with Crippen LogP contribution in [0.3, 0.4) is 0 Å². The Bertz CT molecular complexity index is 516. The number of hydrogen-bond donors (Lipinski definition) is 2. The zero-order valence-electron chi connectivity index (χ0n) is 9.22. The molecule has 3 N–H and O–H groups in total. The molecule has 2 rings (SSSR count). The van der Waals surface area contributed by atoms with E-state index in [1.165, 1.54) is 24.3 Å². The van der Waals surface area contributed by atoms with Gasteiger partial charge in [-0.1, -0.05) is 11.8 Å². The molecule has 7 heteroatoms. The normalized spacial score (nSPS) is 19.3. The number of amidine groups is 1. The largest absolute Gasteiger partial charge is 0.378 e. The average Bonchev–Trinajstić information content (AvgIpc) is 2.31. The quantitative estimate of drug-likeness (QED) is 0.840. The molecule has 94 valence electrons. The Hall–Kier alpha value is -1.89. The van der Waals surface area contributed by atoms with E-state index in [0.29, 0.717) is 5.69 Å². The third kappa shape index (κ3) is 3.07. The number of nitrogens with zero attached hydrogens (tertiary/aromatic N) is 1. The number of nitrogens with two attached hydrogens (primary N) is 1. The lowest BCUT2D eigenvalue weighted by Crippen LogP contribution is -2.33. The van der Waals surface area contributed by atoms with Gasteiger partial charge in [-0.05, 0) is 24.3 Å². The zero-order chi connectivity index (χ0) is 13.1. The standard InChI is InChI=1S/C11H10FN3O2S/c12-6-1-3-7(4-2-6)14-10(17)8-5-9(16)15-11(13)18-8/h1-4,8H,5H2,(H,14,17)(H2,13,15,16)/t8-/m1/s1. The monoisotopic (exact) mass is 267 g/mol. The summed E-state index contributed by atoms with van der Waals surface area (Å²) in [6.07, 6.45) is 0.0123. The van der Waals surface area contributed by atoms with E-state index in [1.807, 2.05) is 0 Å². The minimum Gasteiger partial charge on any atom is -0.378 e. The Morgan fingerprint density at radius 2 is 2.11 bits per heavy atom. The lowest BCUT2D eigenvalue weighted by molar-refractivity contribution is -0.121. The van der Waals surface area contributed by atoms with Gasteiger partial charge in [0.2, 0.25) is 11.8 Å². The molecule has 0 bridgehead atoms. The van der Waals surface area contributed by atoms with Gasteiger partial charge in [0.15, 0.2) is 5.17 Å². The van der Waals surface area contributed by atoms with Crippen LogP contribution in [0.25, 0.3) is 0 Å². The van der Waals surface area contributed by atoms with Crippen LogP contribution in [0.2, 0.25) is 0 Å². The van der Waals surface area contributed by atoms with Crippen LogP contribution >= 0.6 is 11.8 Å². The number of hydrogen-bond acceptors (Lipinski definition) is 4. The Kier molecular flexibility index (Phi) is 3.61. The topological polar surface area (TPSA) is 84.5 Å². The van der Waals surface area contributed by atoms with Crippen LogP contribution in [0.5, 0.6) is 0 Å². The number of rotatable bonds is 2. The number of thioether (sulfide) groups is 1. The SMILES string of the molecule is NC1=NC(=O)C[C@H](C(=O)Nc2ccc(F)cc2)S1. The van der Waals surface area contributed by atoms with Crippen LogP contribution in [0.4, 0.5) is 10.1 Å². The maximum absolute atomic E-state index is 12.7. The summed E-state index contributed by atoms with van der Waals surface area (Å²) in [5, 5.41) is 2.08. The van der Waals surface area contributed by atoms with E-state index in [-0.39, 0.29) is 23.3 Å². The highest BCUT2D eigenvalue weighted by Gasteiger charge is 2.27. The number of halogens is 1. The van der Waals surface area contributed by atoms with Crippen molar-refractivity contribution in [1.29, 1.82) is 0 Å². The second-order valence-corrected chi connectivity index (χ2v) is 4.87. The van der Waals surface area contributed by atoms with Crippen molar-refractivity contribution in [1.82, 2.24) is 0 Å². The maximum Gasteiger partial charge on any atom is 0.249 e. The van der Waals surface area contributed by atoms with Gasteiger partial charge in [-0.3, -0.25) is 9.59 Å². The Balaban J connectivity index is 2.02. The minimum atomic E-state index is -0.597. The van der Waals surface area contributed by atoms with Crippen LogP contribution < -0.4 is 11.1 Å². The predicted octanol–water partition coefficient (Wildman–Crippen LogP) is 1.11. The Labute approximate surface area is 107 Å². The summed E-state index contributed by atoms with van der Waals surface area (Å²) in [6.45, 7) is 0.